The van der Waals surface area contributed by atoms with Crippen LogP contribution in [0.5, 0.6) is 17.2 Å². The number of benzene rings is 2. The minimum absolute atomic E-state index is 0.0357. The largest absolute Gasteiger partial charge is 0.504 e. The molecule has 0 aromatic heterocycles. The van der Waals surface area contributed by atoms with E-state index in [2.05, 4.69) is 15.9 Å². The van der Waals surface area contributed by atoms with Crippen LogP contribution in [0.3, 0.4) is 0 Å². The maximum atomic E-state index is 12.3. The van der Waals surface area contributed by atoms with E-state index in [9.17, 15) is 9.90 Å². The summed E-state index contributed by atoms with van der Waals surface area (Å²) in [5.41, 5.74) is 1.31. The molecule has 5 heteroatoms. The smallest absolute Gasteiger partial charge is 0.185 e. The summed E-state index contributed by atoms with van der Waals surface area (Å²) in [6.07, 6.45) is 3.25. The zero-order chi connectivity index (χ0) is 17.7. The summed E-state index contributed by atoms with van der Waals surface area (Å²) < 4.78 is 11.3. The summed E-state index contributed by atoms with van der Waals surface area (Å²) in [6, 6.07) is 10.2. The monoisotopic (exact) mass is 390 g/mol. The zero-order valence-corrected chi connectivity index (χ0v) is 15.3. The van der Waals surface area contributed by atoms with Crippen molar-refractivity contribution in [1.82, 2.24) is 0 Å². The van der Waals surface area contributed by atoms with E-state index in [4.69, 9.17) is 9.47 Å². The average Bonchev–Trinajstić information content (AvgIpc) is 2.54. The molecule has 24 heavy (non-hydrogen) atoms. The molecule has 2 rings (SSSR count). The van der Waals surface area contributed by atoms with Gasteiger partial charge in [0.05, 0.1) is 13.2 Å². The molecule has 0 aliphatic heterocycles. The van der Waals surface area contributed by atoms with Crippen molar-refractivity contribution in [1.29, 1.82) is 0 Å². The number of hydrogen-bond donors (Lipinski definition) is 1. The highest BCUT2D eigenvalue weighted by Crippen LogP contribution is 2.33. The molecular formula is C19H19BrO4. The van der Waals surface area contributed by atoms with Crippen LogP contribution in [0.25, 0.3) is 6.08 Å². The first-order chi connectivity index (χ1) is 11.4. The Balaban J connectivity index is 2.15. The molecule has 0 amide bonds. The SMILES string of the molecule is COc1cc(C=CC(=O)c2ccc(OC(C)C)cc2)c(Br)cc1O. The van der Waals surface area contributed by atoms with Gasteiger partial charge in [-0.15, -0.1) is 0 Å². The van der Waals surface area contributed by atoms with Crippen LogP contribution in [0.1, 0.15) is 29.8 Å². The third-order valence-corrected chi connectivity index (χ3v) is 3.91. The molecule has 2 aromatic rings. The van der Waals surface area contributed by atoms with Crippen molar-refractivity contribution in [2.24, 2.45) is 0 Å². The number of allylic oxidation sites excluding steroid dienone is 1. The molecule has 4 nitrogen and oxygen atoms in total. The van der Waals surface area contributed by atoms with Gasteiger partial charge >= 0.3 is 0 Å². The molecule has 0 radical (unpaired) electrons. The highest BCUT2D eigenvalue weighted by Gasteiger charge is 2.07. The van der Waals surface area contributed by atoms with Crippen molar-refractivity contribution in [3.05, 3.63) is 58.1 Å². The molecule has 0 spiro atoms. The van der Waals surface area contributed by atoms with Crippen LogP contribution in [0.15, 0.2) is 46.9 Å². The summed E-state index contributed by atoms with van der Waals surface area (Å²) in [5, 5.41) is 9.70. The van der Waals surface area contributed by atoms with E-state index in [1.54, 1.807) is 36.4 Å². The Morgan fingerprint density at radius 1 is 1.21 bits per heavy atom. The fourth-order valence-electron chi connectivity index (χ4n) is 2.08. The number of methoxy groups -OCH3 is 1. The molecule has 126 valence electrons. The molecule has 0 saturated heterocycles. The van der Waals surface area contributed by atoms with Gasteiger partial charge in [0.1, 0.15) is 5.75 Å². The first kappa shape index (κ1) is 18.1. The van der Waals surface area contributed by atoms with Crippen LogP contribution in [0, 0.1) is 0 Å². The van der Waals surface area contributed by atoms with Crippen LogP contribution < -0.4 is 9.47 Å². The van der Waals surface area contributed by atoms with Crippen molar-refractivity contribution in [3.8, 4) is 17.2 Å². The maximum absolute atomic E-state index is 12.3. The first-order valence-corrected chi connectivity index (χ1v) is 8.25. The number of aromatic hydroxyl groups is 1. The van der Waals surface area contributed by atoms with Gasteiger partial charge < -0.3 is 14.6 Å². The number of rotatable bonds is 6. The van der Waals surface area contributed by atoms with Gasteiger partial charge in [0.15, 0.2) is 17.3 Å². The molecule has 0 fully saturated rings. The molecule has 1 N–H and O–H groups in total. The van der Waals surface area contributed by atoms with Gasteiger partial charge in [-0.25, -0.2) is 0 Å². The lowest BCUT2D eigenvalue weighted by molar-refractivity contribution is 0.104. The van der Waals surface area contributed by atoms with Crippen molar-refractivity contribution < 1.29 is 19.4 Å². The molecule has 2 aromatic carbocycles. The van der Waals surface area contributed by atoms with Gasteiger partial charge in [-0.05, 0) is 68.0 Å². The average molecular weight is 391 g/mol. The Kier molecular flexibility index (Phi) is 6.04. The second kappa shape index (κ2) is 8.02. The van der Waals surface area contributed by atoms with Gasteiger partial charge in [-0.1, -0.05) is 15.9 Å². The lowest BCUT2D eigenvalue weighted by Crippen LogP contribution is -2.05. The third-order valence-electron chi connectivity index (χ3n) is 3.22. The lowest BCUT2D eigenvalue weighted by atomic mass is 10.1. The van der Waals surface area contributed by atoms with Crippen molar-refractivity contribution >= 4 is 27.8 Å². The van der Waals surface area contributed by atoms with Crippen molar-refractivity contribution in [2.45, 2.75) is 20.0 Å². The molecular weight excluding hydrogens is 372 g/mol. The summed E-state index contributed by atoms with van der Waals surface area (Å²) in [4.78, 5) is 12.3. The van der Waals surface area contributed by atoms with E-state index >= 15 is 0 Å². The molecule has 0 heterocycles. The van der Waals surface area contributed by atoms with E-state index in [-0.39, 0.29) is 17.6 Å². The third kappa shape index (κ3) is 4.61. The Bertz CT molecular complexity index is 749. The van der Waals surface area contributed by atoms with Crippen LogP contribution in [0.2, 0.25) is 0 Å². The number of halogens is 1. The number of phenolic OH excluding ortho intramolecular Hbond substituents is 1. The number of hydrogen-bond acceptors (Lipinski definition) is 4. The Morgan fingerprint density at radius 3 is 2.46 bits per heavy atom. The summed E-state index contributed by atoms with van der Waals surface area (Å²) in [6.45, 7) is 3.90. The minimum Gasteiger partial charge on any atom is -0.504 e. The van der Waals surface area contributed by atoms with Gasteiger partial charge in [-0.2, -0.15) is 0 Å². The van der Waals surface area contributed by atoms with Crippen LogP contribution in [-0.2, 0) is 0 Å². The Labute approximate surface area is 149 Å². The first-order valence-electron chi connectivity index (χ1n) is 7.46. The van der Waals surface area contributed by atoms with Gasteiger partial charge in [0, 0.05) is 10.0 Å². The second-order valence-corrected chi connectivity index (χ2v) is 6.29. The van der Waals surface area contributed by atoms with Crippen molar-refractivity contribution in [2.75, 3.05) is 7.11 Å². The highest BCUT2D eigenvalue weighted by atomic mass is 79.9. The van der Waals surface area contributed by atoms with Crippen LogP contribution in [-0.4, -0.2) is 24.1 Å². The topological polar surface area (TPSA) is 55.8 Å². The number of ether oxygens (including phenoxy) is 2. The number of carbonyl (C=O) groups is 1. The van der Waals surface area contributed by atoms with E-state index in [0.717, 1.165) is 11.3 Å². The molecule has 0 saturated carbocycles. The molecule has 0 bridgehead atoms. The van der Waals surface area contributed by atoms with E-state index < -0.39 is 0 Å². The van der Waals surface area contributed by atoms with Crippen molar-refractivity contribution in [3.63, 3.8) is 0 Å². The van der Waals surface area contributed by atoms with Gasteiger partial charge in [-0.3, -0.25) is 4.79 Å². The van der Waals surface area contributed by atoms with E-state index in [1.807, 2.05) is 13.8 Å². The number of carbonyl (C=O) groups excluding carboxylic acids is 1. The predicted octanol–water partition coefficient (Wildman–Crippen LogP) is 4.85. The van der Waals surface area contributed by atoms with Crippen LogP contribution in [0.4, 0.5) is 0 Å². The van der Waals surface area contributed by atoms with E-state index in [0.29, 0.717) is 15.8 Å². The lowest BCUT2D eigenvalue weighted by Gasteiger charge is -2.09. The van der Waals surface area contributed by atoms with E-state index in [1.165, 1.54) is 19.3 Å². The van der Waals surface area contributed by atoms with Gasteiger partial charge in [0.2, 0.25) is 0 Å². The Hall–Kier alpha value is -2.27. The normalized spacial score (nSPS) is 11.0. The minimum atomic E-state index is -0.120. The zero-order valence-electron chi connectivity index (χ0n) is 13.7. The maximum Gasteiger partial charge on any atom is 0.185 e. The quantitative estimate of drug-likeness (QED) is 0.565. The molecule has 0 aliphatic rings. The summed E-state index contributed by atoms with van der Waals surface area (Å²) in [5.74, 6) is 0.996. The van der Waals surface area contributed by atoms with Gasteiger partial charge in [0.25, 0.3) is 0 Å². The molecule has 0 unspecified atom stereocenters. The summed E-state index contributed by atoms with van der Waals surface area (Å²) >= 11 is 3.35. The predicted molar refractivity (Wildman–Crippen MR) is 97.9 cm³/mol. The number of phenols is 1. The summed E-state index contributed by atoms with van der Waals surface area (Å²) in [7, 11) is 1.47. The number of ketones is 1. The molecule has 0 atom stereocenters. The highest BCUT2D eigenvalue weighted by molar-refractivity contribution is 9.10. The standard InChI is InChI=1S/C19H19BrO4/c1-12(2)24-15-7-4-13(5-8-15)17(21)9-6-14-10-19(23-3)18(22)11-16(14)20/h4-12,22H,1-3H3. The molecule has 0 aliphatic carbocycles. The second-order valence-electron chi connectivity index (χ2n) is 5.43. The fourth-order valence-corrected chi connectivity index (χ4v) is 2.54. The Morgan fingerprint density at radius 2 is 1.88 bits per heavy atom. The fraction of sp³-hybridized carbons (Fsp3) is 0.211. The van der Waals surface area contributed by atoms with Crippen LogP contribution >= 0.6 is 15.9 Å².